The van der Waals surface area contributed by atoms with E-state index in [2.05, 4.69) is 10.6 Å². The number of halogens is 1. The minimum atomic E-state index is -0.401. The molecule has 0 heterocycles. The largest absolute Gasteiger partial charge is 0.497 e. The number of ether oxygens (including phenoxy) is 1. The minimum absolute atomic E-state index is 0.120. The Kier molecular flexibility index (Phi) is 7.31. The zero-order chi connectivity index (χ0) is 19.8. The molecule has 2 atom stereocenters. The molecule has 0 radical (unpaired) electrons. The van der Waals surface area contributed by atoms with Crippen LogP contribution in [0.15, 0.2) is 48.5 Å². The van der Waals surface area contributed by atoms with Crippen LogP contribution in [0, 0.1) is 5.82 Å². The maximum Gasteiger partial charge on any atom is 0.279 e. The lowest BCUT2D eigenvalue weighted by atomic mass is 10.2. The standard InChI is InChI=1S/C20H24FN3O3/c1-14(20(26)22-12-15-4-10-18(27-3)11-5-15)24(2)13-19(25)23-17-8-6-16(21)7-9-17/h4-11,14H,12-13H2,1-3H3,(H,22,26)(H,23,25)/p+1/t14-/m0/s1. The zero-order valence-electron chi connectivity index (χ0n) is 15.7. The van der Waals surface area contributed by atoms with Crippen LogP contribution in [-0.4, -0.2) is 38.6 Å². The molecule has 0 saturated carbocycles. The molecule has 2 aromatic rings. The van der Waals surface area contributed by atoms with Gasteiger partial charge in [0, 0.05) is 12.2 Å². The number of hydrogen-bond acceptors (Lipinski definition) is 3. The number of benzene rings is 2. The van der Waals surface area contributed by atoms with E-state index in [0.717, 1.165) is 16.2 Å². The lowest BCUT2D eigenvalue weighted by molar-refractivity contribution is -0.885. The predicted octanol–water partition coefficient (Wildman–Crippen LogP) is 0.992. The quantitative estimate of drug-likeness (QED) is 0.645. The first-order valence-electron chi connectivity index (χ1n) is 8.67. The first-order valence-corrected chi connectivity index (χ1v) is 8.67. The fraction of sp³-hybridized carbons (Fsp3) is 0.300. The maximum absolute atomic E-state index is 12.9. The van der Waals surface area contributed by atoms with E-state index in [0.29, 0.717) is 12.2 Å². The molecule has 2 rings (SSSR count). The molecule has 27 heavy (non-hydrogen) atoms. The number of anilines is 1. The summed E-state index contributed by atoms with van der Waals surface area (Å²) in [6.07, 6.45) is 0. The number of rotatable bonds is 8. The molecule has 0 aromatic heterocycles. The summed E-state index contributed by atoms with van der Waals surface area (Å²) < 4.78 is 18.0. The van der Waals surface area contributed by atoms with Crippen molar-refractivity contribution in [3.8, 4) is 5.75 Å². The van der Waals surface area contributed by atoms with Crippen LogP contribution < -0.4 is 20.3 Å². The normalized spacial score (nSPS) is 12.7. The van der Waals surface area contributed by atoms with Gasteiger partial charge in [-0.2, -0.15) is 0 Å². The van der Waals surface area contributed by atoms with Crippen molar-refractivity contribution in [2.75, 3.05) is 26.0 Å². The highest BCUT2D eigenvalue weighted by atomic mass is 19.1. The lowest BCUT2D eigenvalue weighted by Gasteiger charge is -2.20. The average molecular weight is 374 g/mol. The zero-order valence-corrected chi connectivity index (χ0v) is 15.7. The SMILES string of the molecule is COc1ccc(CNC(=O)[C@H](C)[NH+](C)CC(=O)Nc2ccc(F)cc2)cc1. The number of carbonyl (C=O) groups is 2. The van der Waals surface area contributed by atoms with Gasteiger partial charge in [-0.25, -0.2) is 4.39 Å². The lowest BCUT2D eigenvalue weighted by Crippen LogP contribution is -3.15. The second-order valence-corrected chi connectivity index (χ2v) is 6.37. The Labute approximate surface area is 158 Å². The molecule has 0 bridgehead atoms. The summed E-state index contributed by atoms with van der Waals surface area (Å²) in [6, 6.07) is 12.6. The maximum atomic E-state index is 12.9. The first-order chi connectivity index (χ1) is 12.9. The molecule has 1 unspecified atom stereocenters. The second kappa shape index (κ2) is 9.68. The van der Waals surface area contributed by atoms with Crippen LogP contribution in [-0.2, 0) is 16.1 Å². The molecule has 144 valence electrons. The van der Waals surface area contributed by atoms with Gasteiger partial charge in [0.25, 0.3) is 11.8 Å². The number of hydrogen-bond donors (Lipinski definition) is 3. The highest BCUT2D eigenvalue weighted by Crippen LogP contribution is 2.11. The van der Waals surface area contributed by atoms with Crippen LogP contribution in [0.2, 0.25) is 0 Å². The summed E-state index contributed by atoms with van der Waals surface area (Å²) in [5, 5.41) is 5.56. The van der Waals surface area contributed by atoms with E-state index in [1.807, 2.05) is 24.3 Å². The Balaban J connectivity index is 1.80. The van der Waals surface area contributed by atoms with Crippen LogP contribution in [0.3, 0.4) is 0 Å². The van der Waals surface area contributed by atoms with Crippen LogP contribution in [0.4, 0.5) is 10.1 Å². The van der Waals surface area contributed by atoms with Gasteiger partial charge in [-0.3, -0.25) is 9.59 Å². The van der Waals surface area contributed by atoms with Crippen LogP contribution in [0.1, 0.15) is 12.5 Å². The summed E-state index contributed by atoms with van der Waals surface area (Å²) >= 11 is 0. The summed E-state index contributed by atoms with van der Waals surface area (Å²) in [7, 11) is 3.38. The highest BCUT2D eigenvalue weighted by molar-refractivity contribution is 5.91. The van der Waals surface area contributed by atoms with Gasteiger partial charge in [0.15, 0.2) is 12.6 Å². The number of methoxy groups -OCH3 is 1. The Bertz CT molecular complexity index is 763. The van der Waals surface area contributed by atoms with Crippen molar-refractivity contribution in [2.24, 2.45) is 0 Å². The van der Waals surface area contributed by atoms with Gasteiger partial charge in [0.05, 0.1) is 14.2 Å². The molecule has 3 N–H and O–H groups in total. The number of quaternary nitrogens is 1. The van der Waals surface area contributed by atoms with E-state index >= 15 is 0 Å². The molecule has 0 aliphatic heterocycles. The van der Waals surface area contributed by atoms with Gasteiger partial charge in [-0.05, 0) is 48.9 Å². The molecule has 0 spiro atoms. The van der Waals surface area contributed by atoms with Crippen molar-refractivity contribution < 1.29 is 23.6 Å². The Morgan fingerprint density at radius 2 is 1.74 bits per heavy atom. The number of nitrogens with one attached hydrogen (secondary N) is 3. The van der Waals surface area contributed by atoms with Gasteiger partial charge in [-0.1, -0.05) is 12.1 Å². The topological polar surface area (TPSA) is 71.9 Å². The van der Waals surface area contributed by atoms with Crippen LogP contribution in [0.25, 0.3) is 0 Å². The van der Waals surface area contributed by atoms with E-state index in [-0.39, 0.29) is 24.2 Å². The summed E-state index contributed by atoms with van der Waals surface area (Å²) in [5.41, 5.74) is 1.48. The second-order valence-electron chi connectivity index (χ2n) is 6.37. The van der Waals surface area contributed by atoms with Gasteiger partial charge >= 0.3 is 0 Å². The fourth-order valence-electron chi connectivity index (χ4n) is 2.45. The van der Waals surface area contributed by atoms with Crippen molar-refractivity contribution in [2.45, 2.75) is 19.5 Å². The van der Waals surface area contributed by atoms with Crippen molar-refractivity contribution in [3.05, 3.63) is 59.9 Å². The van der Waals surface area contributed by atoms with E-state index in [4.69, 9.17) is 4.74 Å². The third-order valence-corrected chi connectivity index (χ3v) is 4.33. The van der Waals surface area contributed by atoms with Crippen molar-refractivity contribution in [3.63, 3.8) is 0 Å². The smallest absolute Gasteiger partial charge is 0.279 e. The Morgan fingerprint density at radius 3 is 2.33 bits per heavy atom. The van der Waals surface area contributed by atoms with Crippen LogP contribution in [0.5, 0.6) is 5.75 Å². The van der Waals surface area contributed by atoms with Crippen molar-refractivity contribution in [1.29, 1.82) is 0 Å². The summed E-state index contributed by atoms with van der Waals surface area (Å²) in [4.78, 5) is 25.2. The van der Waals surface area contributed by atoms with Crippen LogP contribution >= 0.6 is 0 Å². The first kappa shape index (κ1) is 20.4. The fourth-order valence-corrected chi connectivity index (χ4v) is 2.45. The highest BCUT2D eigenvalue weighted by Gasteiger charge is 2.23. The van der Waals surface area contributed by atoms with Gasteiger partial charge < -0.3 is 20.3 Å². The van der Waals surface area contributed by atoms with E-state index in [1.54, 1.807) is 21.1 Å². The summed E-state index contributed by atoms with van der Waals surface area (Å²) in [5.74, 6) is 0.0134. The van der Waals surface area contributed by atoms with Gasteiger partial charge in [0.1, 0.15) is 11.6 Å². The van der Waals surface area contributed by atoms with Gasteiger partial charge in [-0.15, -0.1) is 0 Å². The molecule has 6 nitrogen and oxygen atoms in total. The van der Waals surface area contributed by atoms with E-state index < -0.39 is 6.04 Å². The average Bonchev–Trinajstić information content (AvgIpc) is 2.67. The molecular weight excluding hydrogens is 349 g/mol. The Hall–Kier alpha value is -2.93. The number of amides is 2. The molecule has 0 aliphatic carbocycles. The number of carbonyl (C=O) groups excluding carboxylic acids is 2. The predicted molar refractivity (Wildman–Crippen MR) is 101 cm³/mol. The molecule has 0 fully saturated rings. The van der Waals surface area contributed by atoms with Gasteiger partial charge in [0.2, 0.25) is 0 Å². The molecule has 0 saturated heterocycles. The third kappa shape index (κ3) is 6.38. The van der Waals surface area contributed by atoms with Crippen molar-refractivity contribution >= 4 is 17.5 Å². The Morgan fingerprint density at radius 1 is 1.11 bits per heavy atom. The minimum Gasteiger partial charge on any atom is -0.497 e. The molecule has 0 aliphatic rings. The third-order valence-electron chi connectivity index (χ3n) is 4.33. The molecule has 2 aromatic carbocycles. The van der Waals surface area contributed by atoms with E-state index in [1.165, 1.54) is 24.3 Å². The molecule has 2 amide bonds. The van der Waals surface area contributed by atoms with Crippen molar-refractivity contribution in [1.82, 2.24) is 5.32 Å². The summed E-state index contributed by atoms with van der Waals surface area (Å²) in [6.45, 7) is 2.29. The molecular formula is C20H25FN3O3+. The monoisotopic (exact) mass is 374 g/mol. The molecule has 7 heteroatoms. The number of likely N-dealkylation sites (N-methyl/N-ethyl adjacent to an activating group) is 1. The van der Waals surface area contributed by atoms with E-state index in [9.17, 15) is 14.0 Å².